The Morgan fingerprint density at radius 1 is 0.875 bits per heavy atom. The van der Waals surface area contributed by atoms with Crippen LogP contribution in [0.1, 0.15) is 16.9 Å². The van der Waals surface area contributed by atoms with E-state index in [2.05, 4.69) is 12.1 Å². The third kappa shape index (κ3) is 2.65. The Bertz CT molecular complexity index is 846. The quantitative estimate of drug-likeness (QED) is 0.639. The van der Waals surface area contributed by atoms with Crippen molar-refractivity contribution in [1.82, 2.24) is 0 Å². The minimum Gasteiger partial charge on any atom is -0.465 e. The lowest BCUT2D eigenvalue weighted by Gasteiger charge is -2.23. The largest absolute Gasteiger partial charge is 0.465 e. The van der Waals surface area contributed by atoms with Crippen LogP contribution in [0.4, 0.5) is 11.4 Å². The third-order valence-electron chi connectivity index (χ3n) is 4.28. The molecule has 3 aromatic rings. The summed E-state index contributed by atoms with van der Waals surface area (Å²) in [5, 5.41) is 0. The van der Waals surface area contributed by atoms with E-state index in [0.717, 1.165) is 24.2 Å². The number of benzene rings is 2. The molecule has 24 heavy (non-hydrogen) atoms. The van der Waals surface area contributed by atoms with Crippen LogP contribution in [0.2, 0.25) is 0 Å². The average molecular weight is 315 g/mol. The van der Waals surface area contributed by atoms with Crippen LogP contribution in [0.25, 0.3) is 6.08 Å². The van der Waals surface area contributed by atoms with Gasteiger partial charge in [0.2, 0.25) is 0 Å². The van der Waals surface area contributed by atoms with Crippen molar-refractivity contribution >= 4 is 23.4 Å². The van der Waals surface area contributed by atoms with Crippen LogP contribution in [0, 0.1) is 0 Å². The summed E-state index contributed by atoms with van der Waals surface area (Å²) in [6, 6.07) is 19.8. The van der Waals surface area contributed by atoms with Gasteiger partial charge in [0.05, 0.1) is 17.6 Å². The van der Waals surface area contributed by atoms with Crippen LogP contribution in [0.3, 0.4) is 0 Å². The lowest BCUT2D eigenvalue weighted by molar-refractivity contribution is -0.113. The second kappa shape index (κ2) is 6.20. The molecule has 1 amide bonds. The fourth-order valence-corrected chi connectivity index (χ4v) is 3.13. The summed E-state index contributed by atoms with van der Waals surface area (Å²) in [6.07, 6.45) is 6.73. The molecular formula is C21H17NO2. The summed E-state index contributed by atoms with van der Waals surface area (Å²) in [4.78, 5) is 14.8. The highest BCUT2D eigenvalue weighted by molar-refractivity contribution is 6.09. The number of furan rings is 1. The highest BCUT2D eigenvalue weighted by atomic mass is 16.3. The van der Waals surface area contributed by atoms with Gasteiger partial charge in [-0.2, -0.15) is 0 Å². The number of carbonyl (C=O) groups excluding carboxylic acids is 1. The van der Waals surface area contributed by atoms with Gasteiger partial charge in [0.1, 0.15) is 5.76 Å². The molecule has 2 heterocycles. The molecule has 3 heteroatoms. The van der Waals surface area contributed by atoms with E-state index in [1.165, 1.54) is 11.1 Å². The lowest BCUT2D eigenvalue weighted by Crippen LogP contribution is -2.24. The van der Waals surface area contributed by atoms with Crippen LogP contribution >= 0.6 is 0 Å². The first-order valence-corrected chi connectivity index (χ1v) is 8.04. The summed E-state index contributed by atoms with van der Waals surface area (Å²) >= 11 is 0. The molecule has 1 aromatic heterocycles. The molecule has 118 valence electrons. The maximum absolute atomic E-state index is 13.0. The standard InChI is InChI=1S/C21H17NO2/c23-21(14-13-18-8-5-15-24-18)22-19-9-3-1-6-16(19)11-12-17-7-2-4-10-20(17)22/h1-10,13-15H,11-12H2. The van der Waals surface area contributed by atoms with Gasteiger partial charge >= 0.3 is 0 Å². The number of hydrogen-bond donors (Lipinski definition) is 0. The molecule has 0 fully saturated rings. The molecule has 0 spiro atoms. The predicted octanol–water partition coefficient (Wildman–Crippen LogP) is 4.76. The van der Waals surface area contributed by atoms with E-state index in [-0.39, 0.29) is 5.91 Å². The smallest absolute Gasteiger partial charge is 0.255 e. The van der Waals surface area contributed by atoms with Gasteiger partial charge in [-0.15, -0.1) is 0 Å². The van der Waals surface area contributed by atoms with Gasteiger partial charge in [-0.3, -0.25) is 9.69 Å². The Hall–Kier alpha value is -3.07. The third-order valence-corrected chi connectivity index (χ3v) is 4.28. The highest BCUT2D eigenvalue weighted by Crippen LogP contribution is 2.36. The Morgan fingerprint density at radius 3 is 2.08 bits per heavy atom. The number of rotatable bonds is 2. The monoisotopic (exact) mass is 315 g/mol. The van der Waals surface area contributed by atoms with E-state index in [4.69, 9.17) is 4.42 Å². The number of aryl methyl sites for hydroxylation is 2. The van der Waals surface area contributed by atoms with Crippen molar-refractivity contribution in [1.29, 1.82) is 0 Å². The van der Waals surface area contributed by atoms with Crippen LogP contribution in [-0.4, -0.2) is 5.91 Å². The van der Waals surface area contributed by atoms with Crippen molar-refractivity contribution in [2.75, 3.05) is 4.90 Å². The Kier molecular flexibility index (Phi) is 3.75. The molecular weight excluding hydrogens is 298 g/mol. The first kappa shape index (κ1) is 14.5. The minimum absolute atomic E-state index is 0.0757. The van der Waals surface area contributed by atoms with E-state index in [0.29, 0.717) is 5.76 Å². The van der Waals surface area contributed by atoms with E-state index in [9.17, 15) is 4.79 Å². The summed E-state index contributed by atoms with van der Waals surface area (Å²) in [6.45, 7) is 0. The lowest BCUT2D eigenvalue weighted by atomic mass is 10.0. The first-order chi connectivity index (χ1) is 11.8. The SMILES string of the molecule is O=C(C=Cc1ccco1)N1c2ccccc2CCc2ccccc21. The number of hydrogen-bond acceptors (Lipinski definition) is 2. The van der Waals surface area contributed by atoms with Gasteiger partial charge in [-0.1, -0.05) is 36.4 Å². The molecule has 3 nitrogen and oxygen atoms in total. The zero-order valence-corrected chi connectivity index (χ0v) is 13.2. The van der Waals surface area contributed by atoms with E-state index >= 15 is 0 Å². The molecule has 0 radical (unpaired) electrons. The van der Waals surface area contributed by atoms with Crippen LogP contribution < -0.4 is 4.90 Å². The molecule has 0 unspecified atom stereocenters. The Labute approximate surface area is 140 Å². The molecule has 0 N–H and O–H groups in total. The number of amides is 1. The maximum Gasteiger partial charge on any atom is 0.255 e. The van der Waals surface area contributed by atoms with Gasteiger partial charge < -0.3 is 4.42 Å². The fraction of sp³-hybridized carbons (Fsp3) is 0.0952. The van der Waals surface area contributed by atoms with Crippen molar-refractivity contribution in [2.45, 2.75) is 12.8 Å². The van der Waals surface area contributed by atoms with Crippen molar-refractivity contribution in [2.24, 2.45) is 0 Å². The summed E-state index contributed by atoms with van der Waals surface area (Å²) in [7, 11) is 0. The zero-order valence-electron chi connectivity index (χ0n) is 13.2. The second-order valence-electron chi connectivity index (χ2n) is 5.78. The minimum atomic E-state index is -0.0757. The summed E-state index contributed by atoms with van der Waals surface area (Å²) in [5.41, 5.74) is 4.29. The molecule has 4 rings (SSSR count). The van der Waals surface area contributed by atoms with E-state index in [1.54, 1.807) is 29.4 Å². The second-order valence-corrected chi connectivity index (χ2v) is 5.78. The zero-order chi connectivity index (χ0) is 16.4. The predicted molar refractivity (Wildman–Crippen MR) is 95.2 cm³/mol. The summed E-state index contributed by atoms with van der Waals surface area (Å²) < 4.78 is 5.28. The molecule has 1 aliphatic heterocycles. The Morgan fingerprint density at radius 2 is 1.50 bits per heavy atom. The highest BCUT2D eigenvalue weighted by Gasteiger charge is 2.23. The van der Waals surface area contributed by atoms with Crippen LogP contribution in [0.15, 0.2) is 77.4 Å². The van der Waals surface area contributed by atoms with Gasteiger partial charge in [-0.25, -0.2) is 0 Å². The van der Waals surface area contributed by atoms with E-state index < -0.39 is 0 Å². The fourth-order valence-electron chi connectivity index (χ4n) is 3.13. The van der Waals surface area contributed by atoms with Gasteiger partial charge in [0, 0.05) is 6.08 Å². The van der Waals surface area contributed by atoms with Crippen molar-refractivity contribution < 1.29 is 9.21 Å². The van der Waals surface area contributed by atoms with Gasteiger partial charge in [0.15, 0.2) is 0 Å². The maximum atomic E-state index is 13.0. The first-order valence-electron chi connectivity index (χ1n) is 8.04. The molecule has 0 bridgehead atoms. The average Bonchev–Trinajstić information content (AvgIpc) is 3.08. The van der Waals surface area contributed by atoms with E-state index in [1.807, 2.05) is 42.5 Å². The molecule has 0 saturated carbocycles. The number of nitrogens with zero attached hydrogens (tertiary/aromatic N) is 1. The van der Waals surface area contributed by atoms with Crippen molar-refractivity contribution in [3.05, 3.63) is 89.9 Å². The van der Waals surface area contributed by atoms with Crippen LogP contribution in [0.5, 0.6) is 0 Å². The topological polar surface area (TPSA) is 33.5 Å². The molecule has 0 saturated heterocycles. The number of para-hydroxylation sites is 2. The van der Waals surface area contributed by atoms with Crippen molar-refractivity contribution in [3.63, 3.8) is 0 Å². The molecule has 0 aliphatic carbocycles. The van der Waals surface area contributed by atoms with Gasteiger partial charge in [-0.05, 0) is 54.3 Å². The van der Waals surface area contributed by atoms with Crippen LogP contribution in [-0.2, 0) is 17.6 Å². The Balaban J connectivity index is 1.79. The molecule has 0 atom stereocenters. The normalized spacial score (nSPS) is 13.4. The molecule has 2 aromatic carbocycles. The summed E-state index contributed by atoms with van der Waals surface area (Å²) in [5.74, 6) is 0.591. The molecule has 1 aliphatic rings. The number of carbonyl (C=O) groups is 1. The van der Waals surface area contributed by atoms with Crippen molar-refractivity contribution in [3.8, 4) is 0 Å². The number of anilines is 2. The van der Waals surface area contributed by atoms with Gasteiger partial charge in [0.25, 0.3) is 5.91 Å². The number of fused-ring (bicyclic) bond motifs is 2.